The highest BCUT2D eigenvalue weighted by molar-refractivity contribution is 5.84. The first-order valence-electron chi connectivity index (χ1n) is 16.5. The molecule has 0 aliphatic heterocycles. The quantitative estimate of drug-likeness (QED) is 0.0632. The Bertz CT molecular complexity index is 1520. The highest BCUT2D eigenvalue weighted by Gasteiger charge is 2.11. The Balaban J connectivity index is 1.74. The molecule has 0 amide bonds. The number of methoxy groups -OCH3 is 1. The molecule has 0 radical (unpaired) electrons. The number of benzene rings is 3. The Morgan fingerprint density at radius 2 is 1.55 bits per heavy atom. The molecule has 0 saturated carbocycles. The normalized spacial score (nSPS) is 13.3. The fourth-order valence-electron chi connectivity index (χ4n) is 5.35. The molecule has 0 aromatic heterocycles. The van der Waals surface area contributed by atoms with Crippen LogP contribution in [0.2, 0.25) is 0 Å². The summed E-state index contributed by atoms with van der Waals surface area (Å²) >= 11 is 0. The highest BCUT2D eigenvalue weighted by atomic mass is 16.5. The van der Waals surface area contributed by atoms with Crippen molar-refractivity contribution in [3.8, 4) is 11.5 Å². The summed E-state index contributed by atoms with van der Waals surface area (Å²) in [5.41, 5.74) is 12.7. The Labute approximate surface area is 282 Å². The van der Waals surface area contributed by atoms with Crippen LogP contribution in [0.5, 0.6) is 11.5 Å². The Morgan fingerprint density at radius 1 is 0.894 bits per heavy atom. The molecule has 0 fully saturated rings. The number of aliphatic hydroxyl groups excluding tert-OH is 1. The average Bonchev–Trinajstić information content (AvgIpc) is 3.07. The molecular weight excluding hydrogens is 584 g/mol. The molecule has 47 heavy (non-hydrogen) atoms. The predicted molar refractivity (Wildman–Crippen MR) is 199 cm³/mol. The lowest BCUT2D eigenvalue weighted by Gasteiger charge is -2.24. The van der Waals surface area contributed by atoms with E-state index in [9.17, 15) is 5.11 Å². The maximum absolute atomic E-state index is 9.60. The summed E-state index contributed by atoms with van der Waals surface area (Å²) in [7, 11) is 1.64. The van der Waals surface area contributed by atoms with Gasteiger partial charge < -0.3 is 30.2 Å². The minimum absolute atomic E-state index is 0.208. The van der Waals surface area contributed by atoms with Gasteiger partial charge in [-0.15, -0.1) is 0 Å². The number of nitrogens with one attached hydrogen (secondary N) is 2. The molecule has 0 aliphatic carbocycles. The van der Waals surface area contributed by atoms with E-state index in [2.05, 4.69) is 117 Å². The van der Waals surface area contributed by atoms with Gasteiger partial charge in [-0.1, -0.05) is 61.4 Å². The van der Waals surface area contributed by atoms with Crippen molar-refractivity contribution >= 4 is 22.4 Å². The Hall–Kier alpha value is -4.46. The van der Waals surface area contributed by atoms with Crippen molar-refractivity contribution in [2.24, 2.45) is 11.8 Å². The van der Waals surface area contributed by atoms with Crippen LogP contribution in [0.25, 0.3) is 16.7 Å². The van der Waals surface area contributed by atoms with Crippen LogP contribution in [-0.4, -0.2) is 43.4 Å². The average molecular weight is 639 g/mol. The van der Waals surface area contributed by atoms with Crippen LogP contribution >= 0.6 is 0 Å². The zero-order valence-corrected chi connectivity index (χ0v) is 29.3. The minimum Gasteiger partial charge on any atom is -0.493 e. The lowest BCUT2D eigenvalue weighted by Crippen LogP contribution is -2.22. The summed E-state index contributed by atoms with van der Waals surface area (Å²) in [6.07, 6.45) is 10.2. The van der Waals surface area contributed by atoms with Gasteiger partial charge in [-0.25, -0.2) is 0 Å². The van der Waals surface area contributed by atoms with E-state index in [1.54, 1.807) is 13.3 Å². The van der Waals surface area contributed by atoms with Crippen molar-refractivity contribution in [3.63, 3.8) is 0 Å². The third-order valence-corrected chi connectivity index (χ3v) is 8.16. The van der Waals surface area contributed by atoms with Crippen LogP contribution in [-0.2, 0) is 0 Å². The molecule has 0 aliphatic rings. The van der Waals surface area contributed by atoms with Crippen LogP contribution in [0.15, 0.2) is 97.0 Å². The topological polar surface area (TPSA) is 92.0 Å². The lowest BCUT2D eigenvalue weighted by atomic mass is 10.00. The van der Waals surface area contributed by atoms with Crippen LogP contribution in [0, 0.1) is 12.8 Å². The highest BCUT2D eigenvalue weighted by Crippen LogP contribution is 2.32. The number of hydrogen-bond acceptors (Lipinski definition) is 7. The fourth-order valence-corrected chi connectivity index (χ4v) is 5.35. The van der Waals surface area contributed by atoms with Crippen LogP contribution in [0.1, 0.15) is 69.7 Å². The molecule has 0 heterocycles. The minimum atomic E-state index is 0.208. The van der Waals surface area contributed by atoms with Crippen LogP contribution in [0.4, 0.5) is 5.69 Å². The van der Waals surface area contributed by atoms with Gasteiger partial charge in [0.05, 0.1) is 13.7 Å². The number of aryl methyl sites for hydroxylation is 1. The third-order valence-electron chi connectivity index (χ3n) is 8.16. The van der Waals surface area contributed by atoms with Crippen molar-refractivity contribution < 1.29 is 14.6 Å². The largest absolute Gasteiger partial charge is 0.493 e. The molecule has 5 N–H and O–H groups in total. The van der Waals surface area contributed by atoms with Crippen molar-refractivity contribution in [1.29, 1.82) is 0 Å². The lowest BCUT2D eigenvalue weighted by molar-refractivity contribution is 0.238. The second kappa shape index (κ2) is 19.3. The third kappa shape index (κ3) is 11.7. The van der Waals surface area contributed by atoms with E-state index < -0.39 is 0 Å². The van der Waals surface area contributed by atoms with Gasteiger partial charge in [-0.05, 0) is 116 Å². The number of nitrogens with zero attached hydrogens (tertiary/aromatic N) is 1. The van der Waals surface area contributed by atoms with E-state index in [1.807, 2.05) is 25.1 Å². The molecular formula is C40H54N4O3. The maximum Gasteiger partial charge on any atom is 0.161 e. The molecule has 1 atom stereocenters. The van der Waals surface area contributed by atoms with E-state index in [0.717, 1.165) is 47.3 Å². The summed E-state index contributed by atoms with van der Waals surface area (Å²) in [6, 6.07) is 23.0. The number of hydrazine groups is 1. The van der Waals surface area contributed by atoms with Gasteiger partial charge in [0.25, 0.3) is 0 Å². The number of ether oxygens (including phenoxy) is 2. The zero-order chi connectivity index (χ0) is 34.2. The zero-order valence-electron chi connectivity index (χ0n) is 29.3. The van der Waals surface area contributed by atoms with Gasteiger partial charge in [0.2, 0.25) is 0 Å². The molecule has 7 heteroatoms. The first-order valence-corrected chi connectivity index (χ1v) is 16.5. The summed E-state index contributed by atoms with van der Waals surface area (Å²) in [5.74, 6) is 7.50. The van der Waals surface area contributed by atoms with Gasteiger partial charge in [-0.2, -0.15) is 0 Å². The van der Waals surface area contributed by atoms with Crippen molar-refractivity contribution in [1.82, 2.24) is 10.3 Å². The van der Waals surface area contributed by atoms with Crippen LogP contribution < -0.4 is 26.1 Å². The van der Waals surface area contributed by atoms with Gasteiger partial charge in [0.1, 0.15) is 0 Å². The predicted octanol–water partition coefficient (Wildman–Crippen LogP) is 8.40. The van der Waals surface area contributed by atoms with Gasteiger partial charge in [-0.3, -0.25) is 5.84 Å². The van der Waals surface area contributed by atoms with E-state index in [1.165, 1.54) is 22.3 Å². The first-order chi connectivity index (χ1) is 22.7. The molecule has 0 saturated heterocycles. The molecule has 3 aromatic rings. The molecule has 3 rings (SSSR count). The Kier molecular flexibility index (Phi) is 15.2. The summed E-state index contributed by atoms with van der Waals surface area (Å²) < 4.78 is 11.2. The summed E-state index contributed by atoms with van der Waals surface area (Å²) in [5, 5.41) is 13.2. The standard InChI is InChI=1S/C40H54N4O3/c1-8-33(20-21-45)28-44(27-32(6)35-12-10-29(3)11-13-35)26-30(4)24-42-38-17-14-34(15-18-38)31(5)22-37(25-43-41)36-16-19-39(46-7)40(23-36)47-9-2/h10-19,22-23,25-27,33,42-43,45H,8-9,20-21,24,28,41H2,1-7H3/b30-26+,31-22+,32-27+,37-25+. The van der Waals surface area contributed by atoms with Crippen LogP contribution in [0.3, 0.4) is 0 Å². The van der Waals surface area contributed by atoms with Crippen molar-refractivity contribution in [3.05, 3.63) is 119 Å². The smallest absolute Gasteiger partial charge is 0.161 e. The SMILES string of the molecule is CCOc1cc(C(/C=C(\C)c2ccc(NC/C(C)=C/N(/C=C(\C)c3ccc(C)cc3)CC(CC)CCO)cc2)=C/NN)ccc1OC. The second-order valence-electron chi connectivity index (χ2n) is 12.0. The van der Waals surface area contributed by atoms with Crippen molar-refractivity contribution in [2.45, 2.75) is 54.4 Å². The molecule has 0 bridgehead atoms. The fraction of sp³-hybridized carbons (Fsp3) is 0.350. The molecule has 3 aromatic carbocycles. The summed E-state index contributed by atoms with van der Waals surface area (Å²) in [6.45, 7) is 15.0. The molecule has 1 unspecified atom stereocenters. The molecule has 0 spiro atoms. The van der Waals surface area contributed by atoms with Crippen molar-refractivity contribution in [2.75, 3.05) is 38.7 Å². The number of nitrogens with two attached hydrogens (primary N) is 1. The number of anilines is 1. The number of hydrogen-bond donors (Lipinski definition) is 4. The number of allylic oxidation sites excluding steroid dienone is 4. The first kappa shape index (κ1) is 37.0. The molecule has 7 nitrogen and oxygen atoms in total. The number of rotatable bonds is 18. The Morgan fingerprint density at radius 3 is 2.17 bits per heavy atom. The van der Waals surface area contributed by atoms with E-state index in [0.29, 0.717) is 30.6 Å². The second-order valence-corrected chi connectivity index (χ2v) is 12.0. The van der Waals surface area contributed by atoms with E-state index in [-0.39, 0.29) is 6.61 Å². The maximum atomic E-state index is 9.60. The summed E-state index contributed by atoms with van der Waals surface area (Å²) in [4.78, 5) is 2.29. The van der Waals surface area contributed by atoms with E-state index >= 15 is 0 Å². The molecule has 252 valence electrons. The number of aliphatic hydroxyl groups is 1. The van der Waals surface area contributed by atoms with Gasteiger partial charge >= 0.3 is 0 Å². The van der Waals surface area contributed by atoms with Gasteiger partial charge in [0, 0.05) is 44.0 Å². The van der Waals surface area contributed by atoms with E-state index in [4.69, 9.17) is 15.3 Å². The van der Waals surface area contributed by atoms with Gasteiger partial charge in [0.15, 0.2) is 11.5 Å². The monoisotopic (exact) mass is 638 g/mol.